The van der Waals surface area contributed by atoms with Gasteiger partial charge in [0.05, 0.1) is 12.6 Å². The van der Waals surface area contributed by atoms with Crippen LogP contribution in [-0.4, -0.2) is 16.5 Å². The Morgan fingerprint density at radius 1 is 1.36 bits per heavy atom. The van der Waals surface area contributed by atoms with Crippen molar-refractivity contribution in [2.75, 3.05) is 0 Å². The molecule has 0 saturated carbocycles. The lowest BCUT2D eigenvalue weighted by Gasteiger charge is -2.12. The summed E-state index contributed by atoms with van der Waals surface area (Å²) in [7, 11) is 0.763. The van der Waals surface area contributed by atoms with Crippen LogP contribution < -0.4 is 4.74 Å². The molecule has 0 saturated heterocycles. The fraction of sp³-hybridized carbons (Fsp3) is 0.400. The quantitative estimate of drug-likeness (QED) is 0.548. The fourth-order valence-corrected chi connectivity index (χ4v) is 1.29. The molecule has 0 unspecified atom stereocenters. The van der Waals surface area contributed by atoms with Crippen LogP contribution in [0.3, 0.4) is 0 Å². The molecule has 0 aliphatic rings. The van der Waals surface area contributed by atoms with Crippen molar-refractivity contribution in [1.29, 1.82) is 0 Å². The minimum atomic E-state index is 0.198. The van der Waals surface area contributed by atoms with Gasteiger partial charge in [0.2, 0.25) is 0 Å². The molecule has 0 amide bonds. The van der Waals surface area contributed by atoms with Crippen molar-refractivity contribution in [1.82, 2.24) is 0 Å². The maximum absolute atomic E-state index is 5.65. The maximum atomic E-state index is 5.65. The fourth-order valence-electron chi connectivity index (χ4n) is 1.15. The van der Waals surface area contributed by atoms with Gasteiger partial charge in [0.15, 0.2) is 10.4 Å². The normalized spacial score (nSPS) is 11.4. The molecule has 0 aliphatic carbocycles. The van der Waals surface area contributed by atoms with Gasteiger partial charge in [-0.05, 0) is 19.9 Å². The second-order valence-corrected chi connectivity index (χ2v) is 3.67. The maximum Gasteiger partial charge on any atom is 0.162 e. The molecule has 76 valence electrons. The van der Waals surface area contributed by atoms with E-state index in [1.54, 1.807) is 0 Å². The number of nitrogens with zero attached hydrogens (tertiary/aromatic N) is 2. The first kappa shape index (κ1) is 10.9. The molecule has 1 rings (SSSR count). The summed E-state index contributed by atoms with van der Waals surface area (Å²) < 4.78 is 9.51. The van der Waals surface area contributed by atoms with Gasteiger partial charge in [0.1, 0.15) is 5.75 Å². The highest BCUT2D eigenvalue weighted by molar-refractivity contribution is 6.04. The number of benzene rings is 1. The molecule has 0 N–H and O–H groups in total. The van der Waals surface area contributed by atoms with Gasteiger partial charge < -0.3 is 4.74 Å². The molecule has 1 aromatic carbocycles. The van der Waals surface area contributed by atoms with Crippen LogP contribution in [0.1, 0.15) is 19.4 Å². The van der Waals surface area contributed by atoms with Crippen LogP contribution in [0, 0.1) is 0 Å². The van der Waals surface area contributed by atoms with E-state index in [0.29, 0.717) is 6.54 Å². The van der Waals surface area contributed by atoms with Gasteiger partial charge in [-0.3, -0.25) is 4.78 Å². The molecule has 0 aromatic heterocycles. The Morgan fingerprint density at radius 3 is 2.71 bits per heavy atom. The van der Waals surface area contributed by atoms with E-state index in [0.717, 1.165) is 21.7 Å². The van der Waals surface area contributed by atoms with Gasteiger partial charge in [-0.25, -0.2) is 5.11 Å². The summed E-state index contributed by atoms with van der Waals surface area (Å²) in [5.74, 6) is 0.913. The van der Waals surface area contributed by atoms with Gasteiger partial charge in [-0.15, -0.1) is 0 Å². The first-order valence-corrected chi connectivity index (χ1v) is 5.63. The van der Waals surface area contributed by atoms with Crippen LogP contribution in [0.4, 0.5) is 0 Å². The second kappa shape index (κ2) is 5.54. The molecule has 4 heteroatoms. The standard InChI is InChI=1S/C10H16N2OSi/c1-8(2)13-10-6-4-3-5-9(10)7-11-12-14/h3-6,8H,7H2,1-2,14H3. The zero-order chi connectivity index (χ0) is 10.4. The lowest BCUT2D eigenvalue weighted by Crippen LogP contribution is -2.07. The number of para-hydroxylation sites is 1. The zero-order valence-electron chi connectivity index (χ0n) is 8.90. The number of hydrogen-bond donors (Lipinski definition) is 0. The van der Waals surface area contributed by atoms with E-state index in [1.807, 2.05) is 38.1 Å². The van der Waals surface area contributed by atoms with Gasteiger partial charge >= 0.3 is 0 Å². The minimum Gasteiger partial charge on any atom is -0.491 e. The molecule has 0 spiro atoms. The topological polar surface area (TPSA) is 34.0 Å². The Labute approximate surface area is 87.7 Å². The van der Waals surface area contributed by atoms with Gasteiger partial charge in [-0.2, -0.15) is 0 Å². The van der Waals surface area contributed by atoms with Crippen LogP contribution in [0.25, 0.3) is 0 Å². The van der Waals surface area contributed by atoms with Gasteiger partial charge in [-0.1, -0.05) is 18.2 Å². The molecule has 14 heavy (non-hydrogen) atoms. The molecule has 0 aliphatic heterocycles. The molecule has 3 nitrogen and oxygen atoms in total. The minimum absolute atomic E-state index is 0.198. The lowest BCUT2D eigenvalue weighted by atomic mass is 10.2. The largest absolute Gasteiger partial charge is 0.491 e. The highest BCUT2D eigenvalue weighted by atomic mass is 28.2. The Hall–Kier alpha value is -1.16. The van der Waals surface area contributed by atoms with Crippen LogP contribution in [0.15, 0.2) is 34.2 Å². The molecule has 0 heterocycles. The molecule has 0 fully saturated rings. The van der Waals surface area contributed by atoms with Crippen LogP contribution in [0.5, 0.6) is 5.75 Å². The Kier molecular flexibility index (Phi) is 4.32. The average molecular weight is 208 g/mol. The molecule has 0 atom stereocenters. The van der Waals surface area contributed by atoms with E-state index < -0.39 is 0 Å². The third-order valence-electron chi connectivity index (χ3n) is 1.72. The summed E-state index contributed by atoms with van der Waals surface area (Å²) in [5.41, 5.74) is 1.10. The highest BCUT2D eigenvalue weighted by Crippen LogP contribution is 2.20. The predicted molar refractivity (Wildman–Crippen MR) is 60.7 cm³/mol. The smallest absolute Gasteiger partial charge is 0.162 e. The van der Waals surface area contributed by atoms with Crippen molar-refractivity contribution in [2.45, 2.75) is 26.5 Å². The molecular weight excluding hydrogens is 192 g/mol. The molecule has 0 bridgehead atoms. The zero-order valence-corrected chi connectivity index (χ0v) is 10.9. The number of ether oxygens (including phenoxy) is 1. The Morgan fingerprint density at radius 2 is 2.07 bits per heavy atom. The predicted octanol–water partition coefficient (Wildman–Crippen LogP) is 1.71. The summed E-state index contributed by atoms with van der Waals surface area (Å²) in [6.07, 6.45) is 0.198. The van der Waals surface area contributed by atoms with Gasteiger partial charge in [0.25, 0.3) is 0 Å². The van der Waals surface area contributed by atoms with Crippen molar-refractivity contribution in [3.8, 4) is 5.75 Å². The second-order valence-electron chi connectivity index (χ2n) is 3.27. The van der Waals surface area contributed by atoms with E-state index in [1.165, 1.54) is 0 Å². The Balaban J connectivity index is 2.79. The molecule has 0 radical (unpaired) electrons. The summed E-state index contributed by atoms with van der Waals surface area (Å²) in [6.45, 7) is 4.66. The van der Waals surface area contributed by atoms with E-state index in [4.69, 9.17) is 4.74 Å². The summed E-state index contributed by atoms with van der Waals surface area (Å²) >= 11 is 0. The Bertz CT molecular complexity index is 313. The van der Waals surface area contributed by atoms with E-state index >= 15 is 0 Å². The van der Waals surface area contributed by atoms with Crippen molar-refractivity contribution in [3.05, 3.63) is 29.8 Å². The number of rotatable bonds is 4. The number of hydrogen-bond acceptors (Lipinski definition) is 3. The lowest BCUT2D eigenvalue weighted by molar-refractivity contribution is 0.240. The first-order valence-electron chi connectivity index (χ1n) is 4.74. The summed E-state index contributed by atoms with van der Waals surface area (Å²) in [4.78, 5) is 0. The average Bonchev–Trinajstić information content (AvgIpc) is 2.16. The van der Waals surface area contributed by atoms with E-state index in [-0.39, 0.29) is 6.10 Å². The van der Waals surface area contributed by atoms with Crippen molar-refractivity contribution >= 4 is 10.4 Å². The van der Waals surface area contributed by atoms with Crippen LogP contribution in [-0.2, 0) is 6.54 Å². The van der Waals surface area contributed by atoms with Crippen molar-refractivity contribution in [2.24, 2.45) is 9.89 Å². The van der Waals surface area contributed by atoms with Crippen LogP contribution >= 0.6 is 0 Å². The van der Waals surface area contributed by atoms with Crippen molar-refractivity contribution < 1.29 is 4.74 Å². The van der Waals surface area contributed by atoms with Crippen LogP contribution in [0.2, 0.25) is 0 Å². The monoisotopic (exact) mass is 208 g/mol. The van der Waals surface area contributed by atoms with E-state index in [9.17, 15) is 0 Å². The summed E-state index contributed by atoms with van der Waals surface area (Å²) in [5, 5.41) is 4.02. The van der Waals surface area contributed by atoms with Crippen molar-refractivity contribution in [3.63, 3.8) is 0 Å². The summed E-state index contributed by atoms with van der Waals surface area (Å²) in [6, 6.07) is 7.95. The first-order chi connectivity index (χ1) is 6.74. The molecular formula is C10H16N2OSi. The van der Waals surface area contributed by atoms with Gasteiger partial charge in [0, 0.05) is 5.56 Å². The van der Waals surface area contributed by atoms with E-state index in [2.05, 4.69) is 9.89 Å². The highest BCUT2D eigenvalue weighted by Gasteiger charge is 2.03. The third-order valence-corrected chi connectivity index (χ3v) is 2.00. The third kappa shape index (κ3) is 3.30. The molecule has 1 aromatic rings. The SMILES string of the molecule is CC(C)Oc1ccccc1CN=N[SiH3].